The normalized spacial score (nSPS) is 46.5. The van der Waals surface area contributed by atoms with Crippen molar-refractivity contribution in [2.75, 3.05) is 0 Å². The highest BCUT2D eigenvalue weighted by Crippen LogP contribution is 2.56. The summed E-state index contributed by atoms with van der Waals surface area (Å²) in [6.07, 6.45) is 5.80. The lowest BCUT2D eigenvalue weighted by molar-refractivity contribution is -0.191. The smallest absolute Gasteiger partial charge is 0.156 e. The molecule has 2 unspecified atom stereocenters. The molecular weight excluding hydrogens is 256 g/mol. The monoisotopic (exact) mass is 274 g/mol. The Labute approximate surface area is 117 Å². The van der Waals surface area contributed by atoms with E-state index in [4.69, 9.17) is 0 Å². The second kappa shape index (κ2) is 3.68. The first-order chi connectivity index (χ1) is 9.38. The molecule has 0 aromatic rings. The third-order valence-corrected chi connectivity index (χ3v) is 5.66. The van der Waals surface area contributed by atoms with Gasteiger partial charge in [0.2, 0.25) is 0 Å². The number of hydrogen-bond donors (Lipinski definition) is 2. The minimum absolute atomic E-state index is 0.0791. The fourth-order valence-electron chi connectivity index (χ4n) is 4.66. The maximum Gasteiger partial charge on any atom is 0.156 e. The largest absolute Gasteiger partial charge is 0.387 e. The van der Waals surface area contributed by atoms with E-state index in [9.17, 15) is 19.8 Å². The lowest BCUT2D eigenvalue weighted by atomic mass is 9.57. The van der Waals surface area contributed by atoms with Crippen LogP contribution in [-0.2, 0) is 9.59 Å². The van der Waals surface area contributed by atoms with Crippen molar-refractivity contribution < 1.29 is 19.8 Å². The van der Waals surface area contributed by atoms with Crippen LogP contribution in [0.1, 0.15) is 38.5 Å². The molecule has 0 aromatic carbocycles. The Morgan fingerprint density at radius 2 is 1.30 bits per heavy atom. The molecule has 20 heavy (non-hydrogen) atoms. The van der Waals surface area contributed by atoms with Crippen LogP contribution in [0.25, 0.3) is 0 Å². The van der Waals surface area contributed by atoms with Crippen LogP contribution in [0.3, 0.4) is 0 Å². The van der Waals surface area contributed by atoms with Crippen LogP contribution in [0, 0.1) is 11.8 Å². The van der Waals surface area contributed by atoms with Crippen LogP contribution in [0.5, 0.6) is 0 Å². The van der Waals surface area contributed by atoms with Gasteiger partial charge in [-0.3, -0.25) is 9.59 Å². The molecule has 0 radical (unpaired) electrons. The maximum atomic E-state index is 11.6. The molecule has 0 bridgehead atoms. The maximum absolute atomic E-state index is 11.6. The predicted octanol–water partition coefficient (Wildman–Crippen LogP) is 1.07. The average molecular weight is 274 g/mol. The van der Waals surface area contributed by atoms with Gasteiger partial charge < -0.3 is 10.2 Å². The van der Waals surface area contributed by atoms with E-state index in [1.807, 2.05) is 0 Å². The fraction of sp³-hybridized carbons (Fsp3) is 0.625. The molecule has 0 amide bonds. The number of allylic oxidation sites excluding steroid dienone is 2. The van der Waals surface area contributed by atoms with Gasteiger partial charge in [0.05, 0.1) is 5.60 Å². The lowest BCUT2D eigenvalue weighted by Crippen LogP contribution is -2.61. The van der Waals surface area contributed by atoms with E-state index in [1.54, 1.807) is 12.2 Å². The SMILES string of the molecule is O=C1C=C2CC3(O)CC4=CC(=O)C[C@H]4CC3(O)C[C@H]2C1. The molecule has 0 aliphatic heterocycles. The number of carbonyl (C=O) groups is 2. The quantitative estimate of drug-likeness (QED) is 0.693. The molecule has 0 saturated heterocycles. The minimum Gasteiger partial charge on any atom is -0.387 e. The highest BCUT2D eigenvalue weighted by molar-refractivity contribution is 5.94. The van der Waals surface area contributed by atoms with E-state index in [-0.39, 0.29) is 23.4 Å². The lowest BCUT2D eigenvalue weighted by Gasteiger charge is -2.54. The molecule has 0 aromatic heterocycles. The van der Waals surface area contributed by atoms with Gasteiger partial charge in [0, 0.05) is 25.7 Å². The van der Waals surface area contributed by atoms with E-state index < -0.39 is 11.2 Å². The first-order valence-electron chi connectivity index (χ1n) is 7.30. The molecule has 4 heteroatoms. The number of fused-ring (bicyclic) bond motifs is 3. The second-order valence-electron chi connectivity index (χ2n) is 7.00. The Morgan fingerprint density at radius 3 is 1.75 bits per heavy atom. The van der Waals surface area contributed by atoms with Crippen molar-refractivity contribution in [3.05, 3.63) is 23.3 Å². The third-order valence-electron chi connectivity index (χ3n) is 5.66. The molecule has 4 rings (SSSR count). The van der Waals surface area contributed by atoms with Crippen LogP contribution in [0.2, 0.25) is 0 Å². The molecule has 2 saturated carbocycles. The Balaban J connectivity index is 1.72. The highest BCUT2D eigenvalue weighted by Gasteiger charge is 2.60. The van der Waals surface area contributed by atoms with Crippen molar-refractivity contribution >= 4 is 11.6 Å². The second-order valence-corrected chi connectivity index (χ2v) is 7.00. The number of rotatable bonds is 0. The molecule has 2 fully saturated rings. The van der Waals surface area contributed by atoms with Crippen LogP contribution >= 0.6 is 0 Å². The standard InChI is InChI=1S/C16H18O4/c17-13-1-9-5-15(19)7-11-3-14(18)4-12(11)8-16(15,20)6-10(9)2-13/h1,3,10,12,19-20H,2,4-8H2/t10-,12+,15?,16?. The molecule has 2 N–H and O–H groups in total. The van der Waals surface area contributed by atoms with E-state index >= 15 is 0 Å². The Kier molecular flexibility index (Phi) is 2.30. The Morgan fingerprint density at radius 1 is 0.850 bits per heavy atom. The Bertz CT molecular complexity index is 539. The van der Waals surface area contributed by atoms with Crippen molar-refractivity contribution in [2.24, 2.45) is 11.8 Å². The van der Waals surface area contributed by atoms with Gasteiger partial charge in [0.25, 0.3) is 0 Å². The zero-order chi connectivity index (χ0) is 14.1. The molecule has 0 heterocycles. The average Bonchev–Trinajstić information content (AvgIpc) is 2.81. The topological polar surface area (TPSA) is 74.6 Å². The molecule has 4 aliphatic carbocycles. The third kappa shape index (κ3) is 1.55. The van der Waals surface area contributed by atoms with Gasteiger partial charge in [-0.2, -0.15) is 0 Å². The zero-order valence-electron chi connectivity index (χ0n) is 11.3. The van der Waals surface area contributed by atoms with E-state index in [0.29, 0.717) is 38.5 Å². The Hall–Kier alpha value is -1.26. The summed E-state index contributed by atoms with van der Waals surface area (Å²) < 4.78 is 0. The summed E-state index contributed by atoms with van der Waals surface area (Å²) in [4.78, 5) is 23.1. The van der Waals surface area contributed by atoms with Crippen molar-refractivity contribution in [2.45, 2.75) is 49.7 Å². The van der Waals surface area contributed by atoms with Gasteiger partial charge in [-0.15, -0.1) is 0 Å². The first-order valence-corrected chi connectivity index (χ1v) is 7.30. The molecule has 4 aliphatic rings. The van der Waals surface area contributed by atoms with Crippen molar-refractivity contribution in [1.29, 1.82) is 0 Å². The summed E-state index contributed by atoms with van der Waals surface area (Å²) in [6.45, 7) is 0. The van der Waals surface area contributed by atoms with E-state index in [0.717, 1.165) is 11.1 Å². The van der Waals surface area contributed by atoms with Gasteiger partial charge in [-0.25, -0.2) is 0 Å². The van der Waals surface area contributed by atoms with Crippen molar-refractivity contribution in [3.8, 4) is 0 Å². The summed E-state index contributed by atoms with van der Waals surface area (Å²) in [5.41, 5.74) is -0.421. The molecule has 4 atom stereocenters. The summed E-state index contributed by atoms with van der Waals surface area (Å²) in [6, 6.07) is 0. The summed E-state index contributed by atoms with van der Waals surface area (Å²) in [5, 5.41) is 22.0. The zero-order valence-corrected chi connectivity index (χ0v) is 11.3. The highest BCUT2D eigenvalue weighted by atomic mass is 16.4. The number of carbonyl (C=O) groups excluding carboxylic acids is 2. The van der Waals surface area contributed by atoms with Crippen LogP contribution < -0.4 is 0 Å². The number of hydrogen-bond acceptors (Lipinski definition) is 4. The summed E-state index contributed by atoms with van der Waals surface area (Å²) in [5.74, 6) is 0.363. The van der Waals surface area contributed by atoms with Crippen LogP contribution in [0.4, 0.5) is 0 Å². The molecule has 106 valence electrons. The van der Waals surface area contributed by atoms with Crippen molar-refractivity contribution in [1.82, 2.24) is 0 Å². The van der Waals surface area contributed by atoms with Crippen LogP contribution in [0.15, 0.2) is 23.3 Å². The van der Waals surface area contributed by atoms with Gasteiger partial charge in [-0.1, -0.05) is 11.1 Å². The van der Waals surface area contributed by atoms with Crippen molar-refractivity contribution in [3.63, 3.8) is 0 Å². The van der Waals surface area contributed by atoms with Gasteiger partial charge in [0.15, 0.2) is 11.6 Å². The van der Waals surface area contributed by atoms with Crippen LogP contribution in [-0.4, -0.2) is 33.0 Å². The van der Waals surface area contributed by atoms with E-state index in [1.165, 1.54) is 0 Å². The fourth-order valence-corrected chi connectivity index (χ4v) is 4.66. The predicted molar refractivity (Wildman–Crippen MR) is 70.8 cm³/mol. The van der Waals surface area contributed by atoms with Gasteiger partial charge in [0.1, 0.15) is 5.60 Å². The van der Waals surface area contributed by atoms with Gasteiger partial charge in [-0.05, 0) is 36.8 Å². The summed E-state index contributed by atoms with van der Waals surface area (Å²) in [7, 11) is 0. The molecule has 4 nitrogen and oxygen atoms in total. The number of ketones is 2. The summed E-state index contributed by atoms with van der Waals surface area (Å²) >= 11 is 0. The molecule has 0 spiro atoms. The minimum atomic E-state index is -1.22. The molecular formula is C16H18O4. The first kappa shape index (κ1) is 12.5. The van der Waals surface area contributed by atoms with E-state index in [2.05, 4.69) is 0 Å². The van der Waals surface area contributed by atoms with Gasteiger partial charge >= 0.3 is 0 Å². The number of aliphatic hydroxyl groups is 2.